The Morgan fingerprint density at radius 1 is 1.08 bits per heavy atom. The standard InChI is InChI=1S/C25H24FN9O/c1-2-23(36)32-16-5-8-27-20(11-16)19-6-9-28-21-13-30-25(34-24(19)21)33-17-3-4-22(29-12-17)31-18-14-35(15-18)10-7-26/h2-6,8-9,11-13,18H,1,7,10,14-15H2,(H,29,31)(H,27,32,36)(H,30,33,34). The Labute approximate surface area is 206 Å². The van der Waals surface area contributed by atoms with Crippen LogP contribution < -0.4 is 16.0 Å². The molecule has 0 bridgehead atoms. The summed E-state index contributed by atoms with van der Waals surface area (Å²) in [5.74, 6) is 0.837. The summed E-state index contributed by atoms with van der Waals surface area (Å²) in [7, 11) is 0. The summed E-state index contributed by atoms with van der Waals surface area (Å²) in [5.41, 5.74) is 3.93. The Kier molecular flexibility index (Phi) is 6.72. The molecule has 3 N–H and O–H groups in total. The minimum absolute atomic E-state index is 0.273. The van der Waals surface area contributed by atoms with Gasteiger partial charge in [-0.1, -0.05) is 6.58 Å². The molecule has 182 valence electrons. The molecule has 0 aliphatic carbocycles. The predicted octanol–water partition coefficient (Wildman–Crippen LogP) is 3.42. The summed E-state index contributed by atoms with van der Waals surface area (Å²) in [6, 6.07) is 9.32. The van der Waals surface area contributed by atoms with Gasteiger partial charge in [-0.3, -0.25) is 19.7 Å². The van der Waals surface area contributed by atoms with Gasteiger partial charge in [-0.15, -0.1) is 0 Å². The Morgan fingerprint density at radius 3 is 2.72 bits per heavy atom. The van der Waals surface area contributed by atoms with Crippen LogP contribution in [0, 0.1) is 0 Å². The van der Waals surface area contributed by atoms with Gasteiger partial charge in [0.2, 0.25) is 11.9 Å². The molecular formula is C25H24FN9O. The molecule has 1 saturated heterocycles. The molecule has 4 aromatic rings. The third-order valence-corrected chi connectivity index (χ3v) is 5.70. The quantitative estimate of drug-likeness (QED) is 0.306. The summed E-state index contributed by atoms with van der Waals surface area (Å²) in [6.07, 6.45) is 7.83. The summed E-state index contributed by atoms with van der Waals surface area (Å²) in [4.78, 5) is 36.0. The molecule has 11 heteroatoms. The SMILES string of the molecule is C=CC(=O)Nc1ccnc(-c2ccnc3cnc(Nc4ccc(NC5CN(CCF)C5)nc4)nc23)c1. The van der Waals surface area contributed by atoms with Gasteiger partial charge in [0.05, 0.1) is 29.8 Å². The monoisotopic (exact) mass is 485 g/mol. The van der Waals surface area contributed by atoms with Crippen LogP contribution in [0.1, 0.15) is 0 Å². The van der Waals surface area contributed by atoms with Gasteiger partial charge in [0.25, 0.3) is 0 Å². The molecule has 1 aliphatic heterocycles. The van der Waals surface area contributed by atoms with Crippen LogP contribution in [-0.2, 0) is 4.79 Å². The number of alkyl halides is 1. The number of aromatic nitrogens is 5. The topological polar surface area (TPSA) is 121 Å². The number of anilines is 4. The number of rotatable bonds is 9. The van der Waals surface area contributed by atoms with Crippen LogP contribution in [0.3, 0.4) is 0 Å². The van der Waals surface area contributed by atoms with E-state index in [1.54, 1.807) is 36.9 Å². The van der Waals surface area contributed by atoms with E-state index < -0.39 is 0 Å². The lowest BCUT2D eigenvalue weighted by atomic mass is 10.1. The lowest BCUT2D eigenvalue weighted by Gasteiger charge is -2.39. The first kappa shape index (κ1) is 23.2. The molecule has 4 aromatic heterocycles. The zero-order chi connectivity index (χ0) is 24.9. The number of hydrogen-bond donors (Lipinski definition) is 3. The average Bonchev–Trinajstić information content (AvgIpc) is 2.88. The molecule has 10 nitrogen and oxygen atoms in total. The molecule has 0 radical (unpaired) electrons. The highest BCUT2D eigenvalue weighted by Gasteiger charge is 2.26. The van der Waals surface area contributed by atoms with Gasteiger partial charge in [-0.2, -0.15) is 0 Å². The Hall–Kier alpha value is -4.51. The molecule has 0 atom stereocenters. The zero-order valence-corrected chi connectivity index (χ0v) is 19.4. The van der Waals surface area contributed by atoms with E-state index >= 15 is 0 Å². The third kappa shape index (κ3) is 5.26. The van der Waals surface area contributed by atoms with Crippen LogP contribution >= 0.6 is 0 Å². The molecule has 0 spiro atoms. The van der Waals surface area contributed by atoms with Crippen molar-refractivity contribution in [1.29, 1.82) is 0 Å². The van der Waals surface area contributed by atoms with Crippen molar-refractivity contribution in [3.63, 3.8) is 0 Å². The lowest BCUT2D eigenvalue weighted by Crippen LogP contribution is -2.55. The molecule has 0 aromatic carbocycles. The van der Waals surface area contributed by atoms with Crippen molar-refractivity contribution in [2.45, 2.75) is 6.04 Å². The smallest absolute Gasteiger partial charge is 0.247 e. The van der Waals surface area contributed by atoms with E-state index in [4.69, 9.17) is 0 Å². The van der Waals surface area contributed by atoms with Gasteiger partial charge in [-0.05, 0) is 36.4 Å². The third-order valence-electron chi connectivity index (χ3n) is 5.70. The Bertz CT molecular complexity index is 1390. The van der Waals surface area contributed by atoms with Crippen molar-refractivity contribution in [1.82, 2.24) is 29.8 Å². The lowest BCUT2D eigenvalue weighted by molar-refractivity contribution is -0.111. The van der Waals surface area contributed by atoms with E-state index in [1.807, 2.05) is 18.2 Å². The Morgan fingerprint density at radius 2 is 1.94 bits per heavy atom. The first-order chi connectivity index (χ1) is 17.6. The van der Waals surface area contributed by atoms with Crippen LogP contribution in [0.4, 0.5) is 27.5 Å². The first-order valence-electron chi connectivity index (χ1n) is 11.4. The van der Waals surface area contributed by atoms with E-state index in [0.717, 1.165) is 30.2 Å². The molecule has 1 fully saturated rings. The summed E-state index contributed by atoms with van der Waals surface area (Å²) in [5, 5.41) is 9.26. The maximum atomic E-state index is 12.4. The largest absolute Gasteiger partial charge is 0.365 e. The highest BCUT2D eigenvalue weighted by Crippen LogP contribution is 2.27. The van der Waals surface area contributed by atoms with E-state index in [1.165, 1.54) is 6.08 Å². The minimum Gasteiger partial charge on any atom is -0.365 e. The molecule has 5 heterocycles. The summed E-state index contributed by atoms with van der Waals surface area (Å²) < 4.78 is 12.4. The number of carbonyl (C=O) groups excluding carboxylic acids is 1. The van der Waals surface area contributed by atoms with Gasteiger partial charge < -0.3 is 16.0 Å². The van der Waals surface area contributed by atoms with Crippen LogP contribution in [0.5, 0.6) is 0 Å². The second kappa shape index (κ2) is 10.4. The number of fused-ring (bicyclic) bond motifs is 1. The second-order valence-electron chi connectivity index (χ2n) is 8.26. The number of hydrogen-bond acceptors (Lipinski definition) is 9. The van der Waals surface area contributed by atoms with Crippen LogP contribution in [0.2, 0.25) is 0 Å². The summed E-state index contributed by atoms with van der Waals surface area (Å²) >= 11 is 0. The van der Waals surface area contributed by atoms with Crippen molar-refractivity contribution < 1.29 is 9.18 Å². The van der Waals surface area contributed by atoms with Crippen molar-refractivity contribution >= 4 is 40.1 Å². The second-order valence-corrected chi connectivity index (χ2v) is 8.26. The first-order valence-corrected chi connectivity index (χ1v) is 11.4. The molecule has 1 aliphatic rings. The predicted molar refractivity (Wildman–Crippen MR) is 137 cm³/mol. The fraction of sp³-hybridized carbons (Fsp3) is 0.200. The maximum absolute atomic E-state index is 12.4. The van der Waals surface area contributed by atoms with Gasteiger partial charge in [0.15, 0.2) is 0 Å². The van der Waals surface area contributed by atoms with E-state index in [-0.39, 0.29) is 18.6 Å². The number of nitrogens with one attached hydrogen (secondary N) is 3. The number of likely N-dealkylation sites (tertiary alicyclic amines) is 1. The zero-order valence-electron chi connectivity index (χ0n) is 19.4. The van der Waals surface area contributed by atoms with Crippen molar-refractivity contribution in [2.24, 2.45) is 0 Å². The number of amides is 1. The summed E-state index contributed by atoms with van der Waals surface area (Å²) in [6.45, 7) is 5.25. The van der Waals surface area contributed by atoms with E-state index in [0.29, 0.717) is 34.9 Å². The Balaban J connectivity index is 1.32. The highest BCUT2D eigenvalue weighted by molar-refractivity contribution is 5.99. The van der Waals surface area contributed by atoms with Crippen LogP contribution in [-0.4, -0.2) is 68.1 Å². The number of pyridine rings is 3. The molecule has 0 unspecified atom stereocenters. The number of halogens is 1. The molecular weight excluding hydrogens is 461 g/mol. The highest BCUT2D eigenvalue weighted by atomic mass is 19.1. The van der Waals surface area contributed by atoms with E-state index in [2.05, 4.69) is 52.3 Å². The van der Waals surface area contributed by atoms with Gasteiger partial charge in [0, 0.05) is 43.3 Å². The molecule has 0 saturated carbocycles. The molecule has 5 rings (SSSR count). The van der Waals surface area contributed by atoms with Gasteiger partial charge >= 0.3 is 0 Å². The van der Waals surface area contributed by atoms with Crippen molar-refractivity contribution in [3.05, 3.63) is 67.8 Å². The van der Waals surface area contributed by atoms with Gasteiger partial charge in [-0.25, -0.2) is 19.3 Å². The van der Waals surface area contributed by atoms with Gasteiger partial charge in [0.1, 0.15) is 23.5 Å². The van der Waals surface area contributed by atoms with E-state index in [9.17, 15) is 9.18 Å². The number of carbonyl (C=O) groups is 1. The number of nitrogens with zero attached hydrogens (tertiary/aromatic N) is 6. The normalized spacial score (nSPS) is 13.7. The molecule has 36 heavy (non-hydrogen) atoms. The van der Waals surface area contributed by atoms with Crippen LogP contribution in [0.25, 0.3) is 22.3 Å². The maximum Gasteiger partial charge on any atom is 0.247 e. The fourth-order valence-electron chi connectivity index (χ4n) is 3.91. The molecule has 1 amide bonds. The van der Waals surface area contributed by atoms with Crippen molar-refractivity contribution in [2.75, 3.05) is 42.3 Å². The average molecular weight is 486 g/mol. The fourth-order valence-corrected chi connectivity index (χ4v) is 3.91. The van der Waals surface area contributed by atoms with Crippen LogP contribution in [0.15, 0.2) is 67.8 Å². The minimum atomic E-state index is -0.323. The van der Waals surface area contributed by atoms with Crippen molar-refractivity contribution in [3.8, 4) is 11.3 Å².